The Morgan fingerprint density at radius 1 is 1.28 bits per heavy atom. The summed E-state index contributed by atoms with van der Waals surface area (Å²) in [7, 11) is 4.41. The maximum Gasteiger partial charge on any atom is 0.357 e. The molecule has 0 bridgehead atoms. The number of aromatic nitrogens is 1. The smallest absolute Gasteiger partial charge is 0.357 e. The Morgan fingerprint density at radius 3 is 2.56 bits per heavy atom. The molecule has 0 aromatic carbocycles. The summed E-state index contributed by atoms with van der Waals surface area (Å²) >= 11 is 0. The molecule has 0 unspecified atom stereocenters. The molecule has 1 aliphatic heterocycles. The molecule has 0 fully saturated rings. The highest BCUT2D eigenvalue weighted by atomic mass is 16.5. The molecule has 0 amide bonds. The summed E-state index contributed by atoms with van der Waals surface area (Å²) in [5.74, 6) is -0.512. The quantitative estimate of drug-likeness (QED) is 0.718. The first-order valence-corrected chi connectivity index (χ1v) is 5.50. The van der Waals surface area contributed by atoms with Gasteiger partial charge in [-0.3, -0.25) is 0 Å². The van der Waals surface area contributed by atoms with Gasteiger partial charge in [-0.2, -0.15) is 0 Å². The topological polar surface area (TPSA) is 68.7 Å². The van der Waals surface area contributed by atoms with Crippen molar-refractivity contribution in [2.45, 2.75) is 6.42 Å². The fourth-order valence-corrected chi connectivity index (χ4v) is 1.97. The summed E-state index contributed by atoms with van der Waals surface area (Å²) in [5.41, 5.74) is 1.08. The van der Waals surface area contributed by atoms with E-state index in [1.54, 1.807) is 6.07 Å². The van der Waals surface area contributed by atoms with Crippen molar-refractivity contribution in [3.63, 3.8) is 0 Å². The molecule has 0 spiro atoms. The van der Waals surface area contributed by atoms with E-state index in [1.807, 2.05) is 11.9 Å². The first-order chi connectivity index (χ1) is 8.58. The molecular weight excluding hydrogens is 236 g/mol. The molecule has 2 rings (SSSR count). The van der Waals surface area contributed by atoms with Crippen LogP contribution < -0.4 is 4.90 Å². The predicted octanol–water partition coefficient (Wildman–Crippen LogP) is 0.647. The van der Waals surface area contributed by atoms with Crippen LogP contribution in [-0.4, -0.2) is 44.7 Å². The van der Waals surface area contributed by atoms with Gasteiger partial charge in [0.2, 0.25) is 0 Å². The van der Waals surface area contributed by atoms with Crippen LogP contribution in [-0.2, 0) is 15.9 Å². The van der Waals surface area contributed by atoms with Crippen LogP contribution in [0.2, 0.25) is 0 Å². The van der Waals surface area contributed by atoms with E-state index >= 15 is 0 Å². The number of fused-ring (bicyclic) bond motifs is 1. The summed E-state index contributed by atoms with van der Waals surface area (Å²) in [6, 6.07) is 1.66. The first kappa shape index (κ1) is 12.3. The molecule has 0 saturated carbocycles. The molecule has 18 heavy (non-hydrogen) atoms. The lowest BCUT2D eigenvalue weighted by molar-refractivity contribution is 0.0550. The highest BCUT2D eigenvalue weighted by molar-refractivity contribution is 6.02. The molecule has 1 aromatic heterocycles. The van der Waals surface area contributed by atoms with Crippen LogP contribution in [0, 0.1) is 0 Å². The normalized spacial score (nSPS) is 13.2. The van der Waals surface area contributed by atoms with Crippen molar-refractivity contribution < 1.29 is 19.1 Å². The number of likely N-dealkylation sites (N-methyl/N-ethyl adjacent to an activating group) is 1. The fraction of sp³-hybridized carbons (Fsp3) is 0.417. The molecule has 1 aliphatic rings. The van der Waals surface area contributed by atoms with Crippen molar-refractivity contribution in [2.24, 2.45) is 0 Å². The van der Waals surface area contributed by atoms with Gasteiger partial charge in [0, 0.05) is 13.6 Å². The third-order valence-electron chi connectivity index (χ3n) is 2.94. The minimum atomic E-state index is -0.640. The van der Waals surface area contributed by atoms with Gasteiger partial charge in [-0.15, -0.1) is 0 Å². The van der Waals surface area contributed by atoms with E-state index in [2.05, 4.69) is 14.5 Å². The van der Waals surface area contributed by atoms with Crippen LogP contribution in [0.15, 0.2) is 6.07 Å². The largest absolute Gasteiger partial charge is 0.465 e. The monoisotopic (exact) mass is 250 g/mol. The van der Waals surface area contributed by atoms with Crippen LogP contribution in [0.25, 0.3) is 0 Å². The second-order valence-electron chi connectivity index (χ2n) is 4.02. The molecule has 0 saturated heterocycles. The van der Waals surface area contributed by atoms with E-state index in [-0.39, 0.29) is 11.3 Å². The summed E-state index contributed by atoms with van der Waals surface area (Å²) in [5, 5.41) is 0. The van der Waals surface area contributed by atoms with E-state index in [4.69, 9.17) is 0 Å². The lowest BCUT2D eigenvalue weighted by atomic mass is 10.1. The maximum absolute atomic E-state index is 11.7. The van der Waals surface area contributed by atoms with Gasteiger partial charge in [-0.05, 0) is 18.1 Å². The Hall–Kier alpha value is -2.11. The lowest BCUT2D eigenvalue weighted by Gasteiger charge is -2.13. The molecule has 96 valence electrons. The van der Waals surface area contributed by atoms with E-state index in [9.17, 15) is 9.59 Å². The van der Waals surface area contributed by atoms with Crippen LogP contribution in [0.3, 0.4) is 0 Å². The zero-order chi connectivity index (χ0) is 13.3. The number of hydrogen-bond donors (Lipinski definition) is 0. The molecule has 1 aromatic rings. The molecule has 6 nitrogen and oxygen atoms in total. The highest BCUT2D eigenvalue weighted by Crippen LogP contribution is 2.27. The van der Waals surface area contributed by atoms with E-state index < -0.39 is 11.9 Å². The Morgan fingerprint density at radius 2 is 1.94 bits per heavy atom. The lowest BCUT2D eigenvalue weighted by Crippen LogP contribution is -2.18. The number of esters is 2. The number of methoxy groups -OCH3 is 2. The third kappa shape index (κ3) is 1.90. The van der Waals surface area contributed by atoms with Gasteiger partial charge in [0.05, 0.1) is 19.8 Å². The number of carbonyl (C=O) groups excluding carboxylic acids is 2. The van der Waals surface area contributed by atoms with Crippen molar-refractivity contribution in [3.8, 4) is 0 Å². The van der Waals surface area contributed by atoms with E-state index in [1.165, 1.54) is 14.2 Å². The first-order valence-electron chi connectivity index (χ1n) is 5.50. The van der Waals surface area contributed by atoms with Crippen LogP contribution in [0.4, 0.5) is 5.82 Å². The highest BCUT2D eigenvalue weighted by Gasteiger charge is 2.27. The molecule has 0 N–H and O–H groups in total. The second kappa shape index (κ2) is 4.64. The fourth-order valence-electron chi connectivity index (χ4n) is 1.97. The number of anilines is 1. The predicted molar refractivity (Wildman–Crippen MR) is 63.9 cm³/mol. The Balaban J connectivity index is 2.58. The van der Waals surface area contributed by atoms with Gasteiger partial charge in [0.25, 0.3) is 0 Å². The standard InChI is InChI=1S/C12H14N2O4/c1-14-5-4-7-6-8(11(15)17-2)9(12(16)18-3)13-10(7)14/h6H,4-5H2,1-3H3. The van der Waals surface area contributed by atoms with Gasteiger partial charge >= 0.3 is 11.9 Å². The summed E-state index contributed by atoms with van der Waals surface area (Å²) in [4.78, 5) is 29.5. The van der Waals surface area contributed by atoms with Gasteiger partial charge in [-0.25, -0.2) is 14.6 Å². The molecule has 6 heteroatoms. The van der Waals surface area contributed by atoms with E-state index in [0.717, 1.165) is 18.5 Å². The van der Waals surface area contributed by atoms with Crippen LogP contribution >= 0.6 is 0 Å². The summed E-state index contributed by atoms with van der Waals surface area (Å²) in [6.45, 7) is 0.813. The molecular formula is C12H14N2O4. The molecule has 2 heterocycles. The zero-order valence-electron chi connectivity index (χ0n) is 10.5. The molecule has 0 radical (unpaired) electrons. The number of ether oxygens (including phenoxy) is 2. The van der Waals surface area contributed by atoms with Crippen molar-refractivity contribution in [1.29, 1.82) is 0 Å². The van der Waals surface area contributed by atoms with Crippen molar-refractivity contribution in [2.75, 3.05) is 32.7 Å². The van der Waals surface area contributed by atoms with Crippen molar-refractivity contribution in [3.05, 3.63) is 22.9 Å². The molecule has 0 atom stereocenters. The SMILES string of the molecule is COC(=O)c1cc2c(nc1C(=O)OC)N(C)CC2. The minimum Gasteiger partial charge on any atom is -0.465 e. The number of nitrogens with zero attached hydrogens (tertiary/aromatic N) is 2. The Labute approximate surface area is 105 Å². The Bertz CT molecular complexity index is 513. The summed E-state index contributed by atoms with van der Waals surface area (Å²) in [6.07, 6.45) is 0.796. The van der Waals surface area contributed by atoms with Gasteiger partial charge in [0.1, 0.15) is 5.82 Å². The number of rotatable bonds is 2. The summed E-state index contributed by atoms with van der Waals surface area (Å²) < 4.78 is 9.30. The number of hydrogen-bond acceptors (Lipinski definition) is 6. The second-order valence-corrected chi connectivity index (χ2v) is 4.02. The van der Waals surface area contributed by atoms with Crippen molar-refractivity contribution >= 4 is 17.8 Å². The van der Waals surface area contributed by atoms with Crippen LogP contribution in [0.5, 0.6) is 0 Å². The maximum atomic E-state index is 11.7. The third-order valence-corrected chi connectivity index (χ3v) is 2.94. The van der Waals surface area contributed by atoms with Gasteiger partial charge < -0.3 is 14.4 Å². The average molecular weight is 250 g/mol. The average Bonchev–Trinajstić information content (AvgIpc) is 2.76. The zero-order valence-corrected chi connectivity index (χ0v) is 10.5. The minimum absolute atomic E-state index is 0.00292. The number of pyridine rings is 1. The Kier molecular flexibility index (Phi) is 3.18. The van der Waals surface area contributed by atoms with Crippen molar-refractivity contribution in [1.82, 2.24) is 4.98 Å². The van der Waals surface area contributed by atoms with E-state index in [0.29, 0.717) is 5.82 Å². The molecule has 0 aliphatic carbocycles. The van der Waals surface area contributed by atoms with Crippen LogP contribution in [0.1, 0.15) is 26.4 Å². The number of carbonyl (C=O) groups is 2. The van der Waals surface area contributed by atoms with Gasteiger partial charge in [0.15, 0.2) is 5.69 Å². The van der Waals surface area contributed by atoms with Gasteiger partial charge in [-0.1, -0.05) is 0 Å².